The number of fused-ring (bicyclic) bond motifs is 5. The van der Waals surface area contributed by atoms with Crippen molar-refractivity contribution in [3.8, 4) is 0 Å². The Labute approximate surface area is 168 Å². The summed E-state index contributed by atoms with van der Waals surface area (Å²) in [6.45, 7) is 6.71. The van der Waals surface area contributed by atoms with E-state index >= 15 is 0 Å². The first kappa shape index (κ1) is 18.1. The summed E-state index contributed by atoms with van der Waals surface area (Å²) in [7, 11) is 0. The molecule has 0 spiro atoms. The molecule has 5 atom stereocenters. The summed E-state index contributed by atoms with van der Waals surface area (Å²) in [6.07, 6.45) is 18.2. The molecule has 0 amide bonds. The zero-order valence-electron chi connectivity index (χ0n) is 17.4. The molecule has 2 nitrogen and oxygen atoms in total. The molecule has 5 unspecified atom stereocenters. The highest BCUT2D eigenvalue weighted by Gasteiger charge is 2.56. The molecular weight excluding hydrogens is 342 g/mol. The molecule has 2 heteroatoms. The first-order valence-electron chi connectivity index (χ1n) is 11.0. The quantitative estimate of drug-likeness (QED) is 0.621. The van der Waals surface area contributed by atoms with Gasteiger partial charge in [0.05, 0.1) is 0 Å². The van der Waals surface area contributed by atoms with Crippen LogP contribution in [0.5, 0.6) is 0 Å². The van der Waals surface area contributed by atoms with Gasteiger partial charge in [0.2, 0.25) is 0 Å². The van der Waals surface area contributed by atoms with Gasteiger partial charge in [0, 0.05) is 12.4 Å². The minimum atomic E-state index is 0.250. The van der Waals surface area contributed by atoms with E-state index in [1.54, 1.807) is 6.92 Å². The van der Waals surface area contributed by atoms with Crippen LogP contribution in [0.4, 0.5) is 0 Å². The smallest absolute Gasteiger partial charge is 0.155 e. The summed E-state index contributed by atoms with van der Waals surface area (Å²) in [5.74, 6) is 2.49. The van der Waals surface area contributed by atoms with E-state index in [4.69, 9.17) is 0 Å². The molecule has 0 aromatic carbocycles. The Morgan fingerprint density at radius 2 is 1.96 bits per heavy atom. The lowest BCUT2D eigenvalue weighted by atomic mass is 9.47. The van der Waals surface area contributed by atoms with E-state index in [0.29, 0.717) is 0 Å². The van der Waals surface area contributed by atoms with Crippen molar-refractivity contribution >= 4 is 11.4 Å². The van der Waals surface area contributed by atoms with E-state index < -0.39 is 0 Å². The highest BCUT2D eigenvalue weighted by atomic mass is 16.1. The van der Waals surface area contributed by atoms with E-state index in [9.17, 15) is 4.79 Å². The molecule has 0 bridgehead atoms. The minimum Gasteiger partial charge on any atom is -0.295 e. The molecule has 5 rings (SSSR count). The topological polar surface area (TPSA) is 30.0 Å². The molecule has 1 aromatic rings. The van der Waals surface area contributed by atoms with Crippen LogP contribution in [0.2, 0.25) is 0 Å². The number of carbonyl (C=O) groups is 1. The molecule has 0 aliphatic heterocycles. The monoisotopic (exact) mass is 373 g/mol. The van der Waals surface area contributed by atoms with Crippen molar-refractivity contribution in [2.45, 2.75) is 59.3 Å². The summed E-state index contributed by atoms with van der Waals surface area (Å²) < 4.78 is 0. The van der Waals surface area contributed by atoms with Gasteiger partial charge in [0.1, 0.15) is 0 Å². The number of pyridine rings is 1. The van der Waals surface area contributed by atoms with Crippen molar-refractivity contribution in [2.75, 3.05) is 0 Å². The number of ketones is 1. The van der Waals surface area contributed by atoms with Gasteiger partial charge in [-0.2, -0.15) is 0 Å². The van der Waals surface area contributed by atoms with Crippen LogP contribution in [-0.2, 0) is 4.79 Å². The average Bonchev–Trinajstić information content (AvgIpc) is 3.05. The van der Waals surface area contributed by atoms with E-state index in [-0.39, 0.29) is 16.6 Å². The Hall–Kier alpha value is -1.96. The zero-order chi connectivity index (χ0) is 19.5. The number of aromatic nitrogens is 1. The standard InChI is InChI=1S/C26H31NO/c1-17(28)18-10-12-25(2)20(15-18)6-7-21-23-9-8-22(19-5-4-14-27-16-19)26(23,3)13-11-24(21)25/h4-6,8,14-16,21,23-24H,7,9-13H2,1-3H3. The van der Waals surface area contributed by atoms with Crippen molar-refractivity contribution in [3.63, 3.8) is 0 Å². The number of carbonyl (C=O) groups excluding carboxylic acids is 1. The normalized spacial score (nSPS) is 39.1. The van der Waals surface area contributed by atoms with Crippen LogP contribution in [0, 0.1) is 28.6 Å². The third-order valence-electron chi connectivity index (χ3n) is 8.77. The number of Topliss-reactive ketones (excluding diaryl/α,β-unsaturated/α-hetero) is 1. The Kier molecular flexibility index (Phi) is 4.05. The Morgan fingerprint density at radius 1 is 1.11 bits per heavy atom. The van der Waals surface area contributed by atoms with E-state index in [1.165, 1.54) is 42.4 Å². The Balaban J connectivity index is 1.48. The second-order valence-electron chi connectivity index (χ2n) is 9.97. The van der Waals surface area contributed by atoms with Crippen molar-refractivity contribution in [3.05, 3.63) is 59.5 Å². The fourth-order valence-corrected chi connectivity index (χ4v) is 7.14. The van der Waals surface area contributed by atoms with Crippen LogP contribution in [0.25, 0.3) is 5.57 Å². The second-order valence-corrected chi connectivity index (χ2v) is 9.97. The summed E-state index contributed by atoms with van der Waals surface area (Å²) in [5, 5.41) is 0. The molecule has 1 heterocycles. The van der Waals surface area contributed by atoms with Crippen LogP contribution in [0.1, 0.15) is 64.9 Å². The average molecular weight is 374 g/mol. The first-order valence-corrected chi connectivity index (χ1v) is 11.0. The fraction of sp³-hybridized carbons (Fsp3) is 0.538. The number of allylic oxidation sites excluding steroid dienone is 6. The van der Waals surface area contributed by atoms with Crippen LogP contribution >= 0.6 is 0 Å². The zero-order valence-corrected chi connectivity index (χ0v) is 17.4. The van der Waals surface area contributed by atoms with Crippen LogP contribution in [0.15, 0.2) is 53.9 Å². The third-order valence-corrected chi connectivity index (χ3v) is 8.77. The summed E-state index contributed by atoms with van der Waals surface area (Å²) in [6, 6.07) is 4.30. The van der Waals surface area contributed by atoms with E-state index in [2.05, 4.69) is 49.2 Å². The fourth-order valence-electron chi connectivity index (χ4n) is 7.14. The maximum atomic E-state index is 11.9. The van der Waals surface area contributed by atoms with Gasteiger partial charge in [-0.25, -0.2) is 0 Å². The Morgan fingerprint density at radius 3 is 2.71 bits per heavy atom. The van der Waals surface area contributed by atoms with Gasteiger partial charge in [-0.05, 0) is 102 Å². The van der Waals surface area contributed by atoms with Gasteiger partial charge >= 0.3 is 0 Å². The summed E-state index contributed by atoms with van der Waals surface area (Å²) >= 11 is 0. The molecule has 146 valence electrons. The Bertz CT molecular complexity index is 908. The molecule has 1 saturated carbocycles. The summed E-state index contributed by atoms with van der Waals surface area (Å²) in [5.41, 5.74) is 5.86. The predicted molar refractivity (Wildman–Crippen MR) is 113 cm³/mol. The van der Waals surface area contributed by atoms with Gasteiger partial charge in [-0.1, -0.05) is 38.1 Å². The number of nitrogens with zero attached hydrogens (tertiary/aromatic N) is 1. The molecule has 0 radical (unpaired) electrons. The van der Waals surface area contributed by atoms with Crippen LogP contribution in [0.3, 0.4) is 0 Å². The molecule has 1 fully saturated rings. The highest BCUT2D eigenvalue weighted by molar-refractivity contribution is 5.94. The number of rotatable bonds is 2. The lowest BCUT2D eigenvalue weighted by Crippen LogP contribution is -2.48. The van der Waals surface area contributed by atoms with Gasteiger partial charge in [-0.15, -0.1) is 0 Å². The van der Waals surface area contributed by atoms with Gasteiger partial charge in [0.25, 0.3) is 0 Å². The van der Waals surface area contributed by atoms with Crippen LogP contribution in [-0.4, -0.2) is 10.8 Å². The van der Waals surface area contributed by atoms with Crippen LogP contribution < -0.4 is 0 Å². The highest BCUT2D eigenvalue weighted by Crippen LogP contribution is 2.65. The predicted octanol–water partition coefficient (Wildman–Crippen LogP) is 6.16. The first-order chi connectivity index (χ1) is 13.4. The lowest BCUT2D eigenvalue weighted by molar-refractivity contribution is -0.113. The maximum absolute atomic E-state index is 11.9. The molecule has 4 aliphatic rings. The van der Waals surface area contributed by atoms with Gasteiger partial charge < -0.3 is 0 Å². The number of hydrogen-bond acceptors (Lipinski definition) is 2. The maximum Gasteiger partial charge on any atom is 0.155 e. The molecule has 0 saturated heterocycles. The van der Waals surface area contributed by atoms with Gasteiger partial charge in [0.15, 0.2) is 5.78 Å². The molecule has 0 N–H and O–H groups in total. The molecular formula is C26H31NO. The number of hydrogen-bond donors (Lipinski definition) is 0. The van der Waals surface area contributed by atoms with E-state index in [0.717, 1.165) is 36.2 Å². The van der Waals surface area contributed by atoms with Crippen molar-refractivity contribution in [2.24, 2.45) is 28.6 Å². The molecule has 28 heavy (non-hydrogen) atoms. The van der Waals surface area contributed by atoms with Gasteiger partial charge in [-0.3, -0.25) is 9.78 Å². The SMILES string of the molecule is CC(=O)C1=CC2=CCC3C(CCC4(C)C(c5cccnc5)=CCC34)C2(C)CC1. The van der Waals surface area contributed by atoms with E-state index in [1.807, 2.05) is 12.4 Å². The van der Waals surface area contributed by atoms with Crippen molar-refractivity contribution in [1.82, 2.24) is 4.98 Å². The van der Waals surface area contributed by atoms with Crippen molar-refractivity contribution in [1.29, 1.82) is 0 Å². The minimum absolute atomic E-state index is 0.250. The largest absolute Gasteiger partial charge is 0.295 e. The molecule has 4 aliphatic carbocycles. The second kappa shape index (κ2) is 6.27. The third kappa shape index (κ3) is 2.46. The molecule has 1 aromatic heterocycles. The summed E-state index contributed by atoms with van der Waals surface area (Å²) in [4.78, 5) is 16.3. The lowest BCUT2D eigenvalue weighted by Gasteiger charge is -2.56. The van der Waals surface area contributed by atoms with Crippen molar-refractivity contribution < 1.29 is 4.79 Å².